The van der Waals surface area contributed by atoms with Crippen LogP contribution < -0.4 is 5.32 Å². The van der Waals surface area contributed by atoms with Crippen LogP contribution in [0, 0.1) is 19.8 Å². The van der Waals surface area contributed by atoms with Crippen LogP contribution in [0.3, 0.4) is 0 Å². The molecule has 126 valence electrons. The highest BCUT2D eigenvalue weighted by Crippen LogP contribution is 2.21. The summed E-state index contributed by atoms with van der Waals surface area (Å²) >= 11 is 0. The van der Waals surface area contributed by atoms with Crippen LogP contribution in [0.2, 0.25) is 0 Å². The van der Waals surface area contributed by atoms with Crippen LogP contribution in [0.1, 0.15) is 41.4 Å². The Bertz CT molecular complexity index is 736. The minimum atomic E-state index is -0.00650. The first-order valence-corrected chi connectivity index (χ1v) is 8.48. The van der Waals surface area contributed by atoms with E-state index < -0.39 is 0 Å². The minimum absolute atomic E-state index is 0.00650. The van der Waals surface area contributed by atoms with Crippen LogP contribution in [0.5, 0.6) is 0 Å². The first kappa shape index (κ1) is 16.4. The van der Waals surface area contributed by atoms with Crippen molar-refractivity contribution in [2.75, 3.05) is 18.4 Å². The van der Waals surface area contributed by atoms with Crippen LogP contribution in [0.15, 0.2) is 30.6 Å². The van der Waals surface area contributed by atoms with Gasteiger partial charge >= 0.3 is 0 Å². The monoisotopic (exact) mass is 324 g/mol. The third-order valence-corrected chi connectivity index (χ3v) is 4.60. The molecule has 5 nitrogen and oxygen atoms in total. The van der Waals surface area contributed by atoms with E-state index in [2.05, 4.69) is 48.2 Å². The molecule has 1 aliphatic rings. The van der Waals surface area contributed by atoms with Crippen molar-refractivity contribution in [1.29, 1.82) is 0 Å². The maximum atomic E-state index is 12.6. The number of nitrogens with one attached hydrogen (secondary N) is 1. The Kier molecular flexibility index (Phi) is 4.79. The highest BCUT2D eigenvalue weighted by atomic mass is 16.2. The van der Waals surface area contributed by atoms with Gasteiger partial charge in [-0.2, -0.15) is 0 Å². The number of nitrogens with zero attached hydrogens (tertiary/aromatic N) is 3. The molecule has 0 aliphatic carbocycles. The average Bonchev–Trinajstić information content (AvgIpc) is 2.58. The third-order valence-electron chi connectivity index (χ3n) is 4.60. The molecular formula is C19H24N4O. The van der Waals surface area contributed by atoms with Gasteiger partial charge in [-0.05, 0) is 44.2 Å². The first-order chi connectivity index (χ1) is 11.5. The van der Waals surface area contributed by atoms with Gasteiger partial charge in [-0.25, -0.2) is 9.97 Å². The van der Waals surface area contributed by atoms with E-state index in [0.717, 1.165) is 37.2 Å². The molecule has 0 spiro atoms. The second-order valence-electron chi connectivity index (χ2n) is 6.71. The lowest BCUT2D eigenvalue weighted by Crippen LogP contribution is -2.38. The average molecular weight is 324 g/mol. The molecule has 1 fully saturated rings. The summed E-state index contributed by atoms with van der Waals surface area (Å²) in [6.45, 7) is 7.97. The maximum Gasteiger partial charge on any atom is 0.272 e. The third kappa shape index (κ3) is 3.72. The van der Waals surface area contributed by atoms with Crippen molar-refractivity contribution in [3.05, 3.63) is 47.4 Å². The lowest BCUT2D eigenvalue weighted by atomic mass is 9.99. The quantitative estimate of drug-likeness (QED) is 0.935. The molecule has 1 saturated heterocycles. The highest BCUT2D eigenvalue weighted by Gasteiger charge is 2.22. The summed E-state index contributed by atoms with van der Waals surface area (Å²) in [5, 5.41) is 3.28. The number of amides is 1. The molecule has 0 bridgehead atoms. The molecule has 0 unspecified atom stereocenters. The zero-order chi connectivity index (χ0) is 17.1. The normalized spacial score (nSPS) is 15.4. The number of hydrogen-bond donors (Lipinski definition) is 1. The van der Waals surface area contributed by atoms with E-state index in [1.807, 2.05) is 11.0 Å². The zero-order valence-corrected chi connectivity index (χ0v) is 14.5. The van der Waals surface area contributed by atoms with E-state index in [9.17, 15) is 4.79 Å². The number of piperidine rings is 1. The Morgan fingerprint density at radius 2 is 1.92 bits per heavy atom. The molecule has 1 aromatic carbocycles. The van der Waals surface area contributed by atoms with E-state index in [1.54, 1.807) is 6.07 Å². The van der Waals surface area contributed by atoms with Gasteiger partial charge in [0.15, 0.2) is 0 Å². The van der Waals surface area contributed by atoms with Gasteiger partial charge in [0.2, 0.25) is 0 Å². The van der Waals surface area contributed by atoms with Crippen molar-refractivity contribution in [2.24, 2.45) is 5.92 Å². The number of rotatable bonds is 3. The van der Waals surface area contributed by atoms with Crippen molar-refractivity contribution in [3.8, 4) is 0 Å². The van der Waals surface area contributed by atoms with Gasteiger partial charge in [0, 0.05) is 24.8 Å². The highest BCUT2D eigenvalue weighted by molar-refractivity contribution is 5.93. The van der Waals surface area contributed by atoms with E-state index in [4.69, 9.17) is 0 Å². The lowest BCUT2D eigenvalue weighted by molar-refractivity contribution is 0.0691. The van der Waals surface area contributed by atoms with Gasteiger partial charge in [0.1, 0.15) is 17.8 Å². The Balaban J connectivity index is 1.75. The Morgan fingerprint density at radius 1 is 1.17 bits per heavy atom. The fourth-order valence-electron chi connectivity index (χ4n) is 3.01. The second-order valence-corrected chi connectivity index (χ2v) is 6.71. The number of aryl methyl sites for hydroxylation is 2. The molecule has 2 aromatic rings. The number of anilines is 2. The maximum absolute atomic E-state index is 12.6. The first-order valence-electron chi connectivity index (χ1n) is 8.48. The Hall–Kier alpha value is -2.43. The summed E-state index contributed by atoms with van der Waals surface area (Å²) in [4.78, 5) is 22.9. The summed E-state index contributed by atoms with van der Waals surface area (Å²) in [6.07, 6.45) is 3.57. The molecule has 24 heavy (non-hydrogen) atoms. The van der Waals surface area contributed by atoms with Crippen molar-refractivity contribution < 1.29 is 4.79 Å². The molecule has 5 heteroatoms. The fourth-order valence-corrected chi connectivity index (χ4v) is 3.01. The van der Waals surface area contributed by atoms with Crippen LogP contribution in [-0.4, -0.2) is 33.9 Å². The predicted octanol–water partition coefficient (Wildman–Crippen LogP) is 3.71. The second kappa shape index (κ2) is 6.99. The standard InChI is InChI=1S/C19H24N4O/c1-13-6-8-23(9-7-13)19(24)17-11-18(21-12-20-17)22-16-5-4-14(2)10-15(16)3/h4-5,10-13H,6-9H2,1-3H3,(H,20,21,22). The number of aromatic nitrogens is 2. The zero-order valence-electron chi connectivity index (χ0n) is 14.5. The summed E-state index contributed by atoms with van der Waals surface area (Å²) in [7, 11) is 0. The molecule has 3 rings (SSSR count). The predicted molar refractivity (Wildman–Crippen MR) is 95.5 cm³/mol. The molecule has 0 saturated carbocycles. The smallest absolute Gasteiger partial charge is 0.272 e. The summed E-state index contributed by atoms with van der Waals surface area (Å²) < 4.78 is 0. The van der Waals surface area contributed by atoms with Crippen molar-refractivity contribution in [2.45, 2.75) is 33.6 Å². The molecule has 0 atom stereocenters. The summed E-state index contributed by atoms with van der Waals surface area (Å²) in [6, 6.07) is 7.93. The SMILES string of the molecule is Cc1ccc(Nc2cc(C(=O)N3CCC(C)CC3)ncn2)c(C)c1. The molecular weight excluding hydrogens is 300 g/mol. The van der Waals surface area contributed by atoms with Gasteiger partial charge in [-0.1, -0.05) is 24.6 Å². The van der Waals surface area contributed by atoms with Crippen LogP contribution in [0.4, 0.5) is 11.5 Å². The van der Waals surface area contributed by atoms with E-state index in [1.165, 1.54) is 11.9 Å². The number of likely N-dealkylation sites (tertiary alicyclic amines) is 1. The largest absolute Gasteiger partial charge is 0.340 e. The molecule has 1 aliphatic heterocycles. The topological polar surface area (TPSA) is 58.1 Å². The molecule has 1 amide bonds. The van der Waals surface area contributed by atoms with Crippen molar-refractivity contribution in [1.82, 2.24) is 14.9 Å². The number of carbonyl (C=O) groups is 1. The molecule has 2 heterocycles. The Labute approximate surface area is 143 Å². The van der Waals surface area contributed by atoms with Crippen LogP contribution >= 0.6 is 0 Å². The lowest BCUT2D eigenvalue weighted by Gasteiger charge is -2.30. The van der Waals surface area contributed by atoms with Gasteiger partial charge in [0.25, 0.3) is 5.91 Å². The van der Waals surface area contributed by atoms with Gasteiger partial charge < -0.3 is 10.2 Å². The Morgan fingerprint density at radius 3 is 2.62 bits per heavy atom. The number of benzene rings is 1. The summed E-state index contributed by atoms with van der Waals surface area (Å²) in [5.74, 6) is 1.33. The minimum Gasteiger partial charge on any atom is -0.340 e. The van der Waals surface area contributed by atoms with Crippen molar-refractivity contribution >= 4 is 17.4 Å². The van der Waals surface area contributed by atoms with Gasteiger partial charge in [0.05, 0.1) is 0 Å². The molecule has 1 aromatic heterocycles. The molecule has 1 N–H and O–H groups in total. The van der Waals surface area contributed by atoms with Gasteiger partial charge in [-0.3, -0.25) is 4.79 Å². The van der Waals surface area contributed by atoms with Crippen molar-refractivity contribution in [3.63, 3.8) is 0 Å². The number of carbonyl (C=O) groups excluding carboxylic acids is 1. The van der Waals surface area contributed by atoms with Crippen LogP contribution in [-0.2, 0) is 0 Å². The van der Waals surface area contributed by atoms with E-state index in [0.29, 0.717) is 17.4 Å². The van der Waals surface area contributed by atoms with E-state index >= 15 is 0 Å². The molecule has 0 radical (unpaired) electrons. The van der Waals surface area contributed by atoms with Crippen LogP contribution in [0.25, 0.3) is 0 Å². The fraction of sp³-hybridized carbons (Fsp3) is 0.421. The van der Waals surface area contributed by atoms with E-state index in [-0.39, 0.29) is 5.91 Å². The summed E-state index contributed by atoms with van der Waals surface area (Å²) in [5.41, 5.74) is 3.80. The number of hydrogen-bond acceptors (Lipinski definition) is 4. The van der Waals surface area contributed by atoms with Gasteiger partial charge in [-0.15, -0.1) is 0 Å².